The molecule has 0 atom stereocenters. The highest BCUT2D eigenvalue weighted by molar-refractivity contribution is 5.84. The Morgan fingerprint density at radius 2 is 1.79 bits per heavy atom. The third-order valence-corrected chi connectivity index (χ3v) is 5.83. The lowest BCUT2D eigenvalue weighted by atomic mass is 9.90. The molecule has 9 heteroatoms. The lowest BCUT2D eigenvalue weighted by Gasteiger charge is -2.21. The van der Waals surface area contributed by atoms with Crippen LogP contribution in [0.4, 0.5) is 23.7 Å². The molecule has 0 saturated heterocycles. The molecular formula is C25H24F3N3O3. The number of amides is 1. The minimum atomic E-state index is -1.58. The Morgan fingerprint density at radius 1 is 1.06 bits per heavy atom. The standard InChI is InChI=1S/C25H24F3N3O3/c26-20-13-19(14-21(27)24(20)28)31-10-9-23(32)22(30-31)12-17-7-4-8-18(11-17)29-25(33)34-15-16-5-2-1-3-6-16/h4,7-11,13-14,16H,1-3,5-6,12,15H2,(H,29,33). The first-order chi connectivity index (χ1) is 16.4. The number of hydrogen-bond acceptors (Lipinski definition) is 4. The molecule has 3 aromatic rings. The van der Waals surface area contributed by atoms with Crippen molar-refractivity contribution in [3.63, 3.8) is 0 Å². The molecule has 1 aliphatic carbocycles. The average molecular weight is 471 g/mol. The van der Waals surface area contributed by atoms with Crippen LogP contribution >= 0.6 is 0 Å². The number of benzene rings is 2. The second kappa shape index (κ2) is 10.5. The van der Waals surface area contributed by atoms with Crippen molar-refractivity contribution in [2.24, 2.45) is 5.92 Å². The number of nitrogens with zero attached hydrogens (tertiary/aromatic N) is 2. The number of anilines is 1. The van der Waals surface area contributed by atoms with E-state index in [1.54, 1.807) is 24.3 Å². The lowest BCUT2D eigenvalue weighted by Crippen LogP contribution is -2.20. The third kappa shape index (κ3) is 5.84. The number of ether oxygens (including phenoxy) is 1. The molecule has 1 saturated carbocycles. The van der Waals surface area contributed by atoms with Gasteiger partial charge in [0.25, 0.3) is 0 Å². The maximum Gasteiger partial charge on any atom is 0.411 e. The van der Waals surface area contributed by atoms with Gasteiger partial charge in [-0.15, -0.1) is 0 Å². The summed E-state index contributed by atoms with van der Waals surface area (Å²) < 4.78 is 46.9. The molecule has 1 amide bonds. The van der Waals surface area contributed by atoms with Crippen molar-refractivity contribution in [2.75, 3.05) is 11.9 Å². The number of halogens is 3. The van der Waals surface area contributed by atoms with E-state index in [1.165, 1.54) is 18.7 Å². The molecule has 1 heterocycles. The molecule has 1 N–H and O–H groups in total. The Bertz CT molecular complexity index is 1220. The van der Waals surface area contributed by atoms with Crippen LogP contribution in [0.2, 0.25) is 0 Å². The van der Waals surface area contributed by atoms with Crippen LogP contribution in [0.5, 0.6) is 0 Å². The molecule has 1 fully saturated rings. The largest absolute Gasteiger partial charge is 0.449 e. The average Bonchev–Trinajstić information content (AvgIpc) is 2.83. The summed E-state index contributed by atoms with van der Waals surface area (Å²) >= 11 is 0. The van der Waals surface area contributed by atoms with E-state index in [1.807, 2.05) is 0 Å². The Kier molecular flexibility index (Phi) is 7.30. The molecule has 178 valence electrons. The molecule has 1 aliphatic rings. The molecule has 1 aromatic heterocycles. The van der Waals surface area contributed by atoms with Crippen molar-refractivity contribution in [3.05, 3.63) is 87.6 Å². The number of aromatic nitrogens is 2. The lowest BCUT2D eigenvalue weighted by molar-refractivity contribution is 0.128. The SMILES string of the molecule is O=C(Nc1cccc(Cc2nn(-c3cc(F)c(F)c(F)c3)ccc2=O)c1)OCC1CCCCC1. The summed E-state index contributed by atoms with van der Waals surface area (Å²) in [6, 6.07) is 9.68. The van der Waals surface area contributed by atoms with Gasteiger partial charge in [-0.1, -0.05) is 31.4 Å². The minimum absolute atomic E-state index is 0.0613. The van der Waals surface area contributed by atoms with E-state index in [9.17, 15) is 22.8 Å². The summed E-state index contributed by atoms with van der Waals surface area (Å²) in [5.41, 5.74) is 0.872. The zero-order valence-corrected chi connectivity index (χ0v) is 18.4. The highest BCUT2D eigenvalue weighted by Gasteiger charge is 2.16. The van der Waals surface area contributed by atoms with Gasteiger partial charge in [-0.25, -0.2) is 22.6 Å². The van der Waals surface area contributed by atoms with Gasteiger partial charge in [0.05, 0.1) is 12.3 Å². The molecule has 6 nitrogen and oxygen atoms in total. The second-order valence-electron chi connectivity index (χ2n) is 8.40. The smallest absolute Gasteiger partial charge is 0.411 e. The van der Waals surface area contributed by atoms with E-state index in [-0.39, 0.29) is 23.2 Å². The Balaban J connectivity index is 1.45. The summed E-state index contributed by atoms with van der Waals surface area (Å²) in [6.07, 6.45) is 6.52. The summed E-state index contributed by atoms with van der Waals surface area (Å²) in [6.45, 7) is 0.392. The molecule has 34 heavy (non-hydrogen) atoms. The summed E-state index contributed by atoms with van der Waals surface area (Å²) in [5, 5.41) is 6.85. The third-order valence-electron chi connectivity index (χ3n) is 5.83. The van der Waals surface area contributed by atoms with Crippen LogP contribution in [-0.4, -0.2) is 22.5 Å². The van der Waals surface area contributed by atoms with Crippen LogP contribution in [0.1, 0.15) is 43.4 Å². The normalized spacial score (nSPS) is 14.1. The highest BCUT2D eigenvalue weighted by Crippen LogP contribution is 2.24. The fourth-order valence-electron chi connectivity index (χ4n) is 4.04. The monoisotopic (exact) mass is 471 g/mol. The number of nitrogens with one attached hydrogen (secondary N) is 1. The summed E-state index contributed by atoms with van der Waals surface area (Å²) in [4.78, 5) is 24.5. The molecular weight excluding hydrogens is 447 g/mol. The van der Waals surface area contributed by atoms with Crippen molar-refractivity contribution in [1.82, 2.24) is 9.78 Å². The van der Waals surface area contributed by atoms with Gasteiger partial charge >= 0.3 is 6.09 Å². The molecule has 2 aromatic carbocycles. The van der Waals surface area contributed by atoms with Gasteiger partial charge in [0, 0.05) is 36.5 Å². The summed E-state index contributed by atoms with van der Waals surface area (Å²) in [7, 11) is 0. The van der Waals surface area contributed by atoms with E-state index >= 15 is 0 Å². The second-order valence-corrected chi connectivity index (χ2v) is 8.40. The van der Waals surface area contributed by atoms with E-state index in [2.05, 4.69) is 10.4 Å². The van der Waals surface area contributed by atoms with E-state index in [4.69, 9.17) is 4.74 Å². The van der Waals surface area contributed by atoms with Crippen molar-refractivity contribution < 1.29 is 22.7 Å². The number of carbonyl (C=O) groups is 1. The van der Waals surface area contributed by atoms with Crippen LogP contribution in [0.15, 0.2) is 53.5 Å². The van der Waals surface area contributed by atoms with Crippen molar-refractivity contribution in [2.45, 2.75) is 38.5 Å². The van der Waals surface area contributed by atoms with E-state index in [0.717, 1.165) is 42.5 Å². The minimum Gasteiger partial charge on any atom is -0.449 e. The van der Waals surface area contributed by atoms with Gasteiger partial charge in [0.15, 0.2) is 17.5 Å². The maximum absolute atomic E-state index is 13.6. The first-order valence-electron chi connectivity index (χ1n) is 11.2. The molecule has 0 aliphatic heterocycles. The zero-order chi connectivity index (χ0) is 24.1. The molecule has 0 unspecified atom stereocenters. The van der Waals surface area contributed by atoms with Gasteiger partial charge < -0.3 is 4.74 Å². The van der Waals surface area contributed by atoms with Crippen molar-refractivity contribution in [3.8, 4) is 5.69 Å². The van der Waals surface area contributed by atoms with Gasteiger partial charge in [0.1, 0.15) is 5.69 Å². The topological polar surface area (TPSA) is 73.2 Å². The Morgan fingerprint density at radius 3 is 2.53 bits per heavy atom. The summed E-state index contributed by atoms with van der Waals surface area (Å²) in [5.74, 6) is -3.88. The van der Waals surface area contributed by atoms with Crippen molar-refractivity contribution in [1.29, 1.82) is 0 Å². The molecule has 0 radical (unpaired) electrons. The van der Waals surface area contributed by atoms with Crippen molar-refractivity contribution >= 4 is 11.8 Å². The first-order valence-corrected chi connectivity index (χ1v) is 11.2. The Hall–Kier alpha value is -3.62. The van der Waals surface area contributed by atoms with Gasteiger partial charge in [-0.2, -0.15) is 5.10 Å². The predicted octanol–water partition coefficient (Wildman–Crippen LogP) is 5.37. The first kappa shape index (κ1) is 23.5. The van der Waals surface area contributed by atoms with Crippen LogP contribution < -0.4 is 10.7 Å². The molecule has 0 bridgehead atoms. The van der Waals surface area contributed by atoms with Crippen LogP contribution in [0.3, 0.4) is 0 Å². The highest BCUT2D eigenvalue weighted by atomic mass is 19.2. The van der Waals surface area contributed by atoms with Crippen LogP contribution in [0, 0.1) is 23.4 Å². The van der Waals surface area contributed by atoms with Crippen LogP contribution in [-0.2, 0) is 11.2 Å². The van der Waals surface area contributed by atoms with Crippen LogP contribution in [0.25, 0.3) is 5.69 Å². The number of rotatable bonds is 6. The molecule has 4 rings (SSSR count). The van der Waals surface area contributed by atoms with E-state index in [0.29, 0.717) is 23.8 Å². The maximum atomic E-state index is 13.6. The predicted molar refractivity (Wildman–Crippen MR) is 121 cm³/mol. The Labute approximate surface area is 194 Å². The number of hydrogen-bond donors (Lipinski definition) is 1. The van der Waals surface area contributed by atoms with Gasteiger partial charge in [0.2, 0.25) is 5.43 Å². The fraction of sp³-hybridized carbons (Fsp3) is 0.320. The quantitative estimate of drug-likeness (QED) is 0.491. The molecule has 0 spiro atoms. The van der Waals surface area contributed by atoms with E-state index < -0.39 is 23.5 Å². The zero-order valence-electron chi connectivity index (χ0n) is 18.4. The van der Waals surface area contributed by atoms with Gasteiger partial charge in [-0.3, -0.25) is 10.1 Å². The number of carbonyl (C=O) groups excluding carboxylic acids is 1. The van der Waals surface area contributed by atoms with Gasteiger partial charge in [-0.05, 0) is 36.5 Å². The fourth-order valence-corrected chi connectivity index (χ4v) is 4.04.